The van der Waals surface area contributed by atoms with Crippen molar-refractivity contribution >= 4 is 35.7 Å². The molecule has 0 radical (unpaired) electrons. The highest BCUT2D eigenvalue weighted by atomic mass is 35.5. The zero-order chi connectivity index (χ0) is 13.4. The van der Waals surface area contributed by atoms with Gasteiger partial charge < -0.3 is 5.32 Å². The normalized spacial score (nSPS) is 24.4. The fourth-order valence-corrected chi connectivity index (χ4v) is 3.69. The van der Waals surface area contributed by atoms with E-state index in [-0.39, 0.29) is 24.8 Å². The SMILES string of the molecule is Cl.Cl.c1ccc2nc(CN3CCC4NCCC4C3)ccc2c1. The molecule has 3 nitrogen and oxygen atoms in total. The fourth-order valence-electron chi connectivity index (χ4n) is 3.69. The van der Waals surface area contributed by atoms with Crippen molar-refractivity contribution in [1.29, 1.82) is 0 Å². The van der Waals surface area contributed by atoms with Crippen molar-refractivity contribution in [3.63, 3.8) is 0 Å². The summed E-state index contributed by atoms with van der Waals surface area (Å²) in [5.74, 6) is 0.851. The summed E-state index contributed by atoms with van der Waals surface area (Å²) in [4.78, 5) is 7.37. The summed E-state index contributed by atoms with van der Waals surface area (Å²) < 4.78 is 0. The molecule has 2 unspecified atom stereocenters. The molecule has 2 saturated heterocycles. The third-order valence-electron chi connectivity index (χ3n) is 4.78. The summed E-state index contributed by atoms with van der Waals surface area (Å²) >= 11 is 0. The van der Waals surface area contributed by atoms with Crippen LogP contribution < -0.4 is 5.32 Å². The summed E-state index contributed by atoms with van der Waals surface area (Å²) in [6, 6.07) is 13.5. The molecular weight excluding hydrogens is 317 g/mol. The van der Waals surface area contributed by atoms with Crippen LogP contribution in [0, 0.1) is 5.92 Å². The predicted molar refractivity (Wildman–Crippen MR) is 96.0 cm³/mol. The van der Waals surface area contributed by atoms with Crippen LogP contribution in [0.4, 0.5) is 0 Å². The molecular formula is C17H23Cl2N3. The Hall–Kier alpha value is -0.870. The van der Waals surface area contributed by atoms with Gasteiger partial charge in [0.25, 0.3) is 0 Å². The first kappa shape index (κ1) is 17.5. The molecule has 2 aliphatic heterocycles. The van der Waals surface area contributed by atoms with Gasteiger partial charge in [-0.15, -0.1) is 24.8 Å². The van der Waals surface area contributed by atoms with E-state index in [2.05, 4.69) is 46.6 Å². The second-order valence-electron chi connectivity index (χ2n) is 6.13. The fraction of sp³-hybridized carbons (Fsp3) is 0.471. The first-order valence-corrected chi connectivity index (χ1v) is 7.69. The highest BCUT2D eigenvalue weighted by Gasteiger charge is 2.32. The number of hydrogen-bond acceptors (Lipinski definition) is 3. The van der Waals surface area contributed by atoms with Crippen LogP contribution in [0.3, 0.4) is 0 Å². The Bertz CT molecular complexity index is 620. The smallest absolute Gasteiger partial charge is 0.0705 e. The van der Waals surface area contributed by atoms with Gasteiger partial charge in [-0.25, -0.2) is 0 Å². The maximum atomic E-state index is 4.80. The second kappa shape index (κ2) is 7.60. The molecule has 4 rings (SSSR count). The van der Waals surface area contributed by atoms with E-state index in [1.807, 2.05) is 0 Å². The average Bonchev–Trinajstić information content (AvgIpc) is 2.95. The molecule has 0 amide bonds. The van der Waals surface area contributed by atoms with E-state index >= 15 is 0 Å². The Morgan fingerprint density at radius 1 is 1.09 bits per heavy atom. The molecule has 2 atom stereocenters. The third-order valence-corrected chi connectivity index (χ3v) is 4.78. The molecule has 3 heterocycles. The molecule has 120 valence electrons. The summed E-state index contributed by atoms with van der Waals surface area (Å²) in [6.07, 6.45) is 2.63. The molecule has 0 spiro atoms. The first-order valence-electron chi connectivity index (χ1n) is 7.69. The zero-order valence-corrected chi connectivity index (χ0v) is 14.2. The van der Waals surface area contributed by atoms with Gasteiger partial charge >= 0.3 is 0 Å². The molecule has 22 heavy (non-hydrogen) atoms. The number of nitrogens with one attached hydrogen (secondary N) is 1. The van der Waals surface area contributed by atoms with Crippen LogP contribution in [0.25, 0.3) is 10.9 Å². The number of halogens is 2. The average molecular weight is 340 g/mol. The van der Waals surface area contributed by atoms with Crippen molar-refractivity contribution in [2.45, 2.75) is 25.4 Å². The molecule has 0 saturated carbocycles. The Morgan fingerprint density at radius 2 is 1.95 bits per heavy atom. The maximum absolute atomic E-state index is 4.80. The van der Waals surface area contributed by atoms with E-state index in [9.17, 15) is 0 Å². The molecule has 0 aliphatic carbocycles. The van der Waals surface area contributed by atoms with Crippen molar-refractivity contribution in [3.05, 3.63) is 42.1 Å². The Balaban J connectivity index is 0.000000882. The van der Waals surface area contributed by atoms with Crippen molar-refractivity contribution < 1.29 is 0 Å². The number of benzene rings is 1. The van der Waals surface area contributed by atoms with Crippen LogP contribution in [-0.2, 0) is 6.54 Å². The van der Waals surface area contributed by atoms with Crippen molar-refractivity contribution in [3.8, 4) is 0 Å². The number of nitrogens with zero attached hydrogens (tertiary/aromatic N) is 2. The number of pyridine rings is 1. The zero-order valence-electron chi connectivity index (χ0n) is 12.6. The van der Waals surface area contributed by atoms with Crippen LogP contribution >= 0.6 is 24.8 Å². The summed E-state index contributed by atoms with van der Waals surface area (Å²) in [7, 11) is 0. The number of aromatic nitrogens is 1. The van der Waals surface area contributed by atoms with Crippen LogP contribution in [0.15, 0.2) is 36.4 Å². The first-order chi connectivity index (χ1) is 9.88. The van der Waals surface area contributed by atoms with Gasteiger partial charge in [-0.1, -0.05) is 24.3 Å². The lowest BCUT2D eigenvalue weighted by atomic mass is 9.93. The number of rotatable bonds is 2. The summed E-state index contributed by atoms with van der Waals surface area (Å²) in [5, 5.41) is 4.86. The molecule has 2 aromatic rings. The van der Waals surface area contributed by atoms with Gasteiger partial charge in [0.15, 0.2) is 0 Å². The number of fused-ring (bicyclic) bond motifs is 2. The van der Waals surface area contributed by atoms with Gasteiger partial charge in [-0.2, -0.15) is 0 Å². The standard InChI is InChI=1S/C17H21N3.2ClH/c1-2-4-17-13(3-1)5-6-15(19-17)12-20-10-8-16-14(11-20)7-9-18-16;;/h1-6,14,16,18H,7-12H2;2*1H. The van der Waals surface area contributed by atoms with Crippen LogP contribution in [0.5, 0.6) is 0 Å². The minimum Gasteiger partial charge on any atom is -0.314 e. The van der Waals surface area contributed by atoms with Crippen molar-refractivity contribution in [2.24, 2.45) is 5.92 Å². The highest BCUT2D eigenvalue weighted by Crippen LogP contribution is 2.25. The number of likely N-dealkylation sites (tertiary alicyclic amines) is 1. The van der Waals surface area contributed by atoms with Crippen LogP contribution in [-0.4, -0.2) is 35.6 Å². The lowest BCUT2D eigenvalue weighted by molar-refractivity contribution is 0.154. The number of piperidine rings is 1. The van der Waals surface area contributed by atoms with Gasteiger partial charge in [-0.05, 0) is 37.4 Å². The second-order valence-corrected chi connectivity index (χ2v) is 6.13. The van der Waals surface area contributed by atoms with Crippen molar-refractivity contribution in [2.75, 3.05) is 19.6 Å². The van der Waals surface area contributed by atoms with E-state index in [1.54, 1.807) is 0 Å². The number of para-hydroxylation sites is 1. The molecule has 5 heteroatoms. The van der Waals surface area contributed by atoms with Gasteiger partial charge in [0.05, 0.1) is 11.2 Å². The van der Waals surface area contributed by atoms with E-state index in [1.165, 1.54) is 43.6 Å². The molecule has 1 aromatic carbocycles. The van der Waals surface area contributed by atoms with Gasteiger partial charge in [0.2, 0.25) is 0 Å². The van der Waals surface area contributed by atoms with Gasteiger partial charge in [-0.3, -0.25) is 9.88 Å². The van der Waals surface area contributed by atoms with Crippen LogP contribution in [0.2, 0.25) is 0 Å². The molecule has 2 aliphatic rings. The maximum Gasteiger partial charge on any atom is 0.0705 e. The molecule has 0 bridgehead atoms. The van der Waals surface area contributed by atoms with Crippen molar-refractivity contribution in [1.82, 2.24) is 15.2 Å². The highest BCUT2D eigenvalue weighted by molar-refractivity contribution is 5.85. The predicted octanol–water partition coefficient (Wildman–Crippen LogP) is 3.26. The van der Waals surface area contributed by atoms with Crippen LogP contribution in [0.1, 0.15) is 18.5 Å². The van der Waals surface area contributed by atoms with Gasteiger partial charge in [0.1, 0.15) is 0 Å². The summed E-state index contributed by atoms with van der Waals surface area (Å²) in [5.41, 5.74) is 2.32. The van der Waals surface area contributed by atoms with E-state index < -0.39 is 0 Å². The minimum atomic E-state index is 0. The van der Waals surface area contributed by atoms with Gasteiger partial charge in [0, 0.05) is 31.1 Å². The quantitative estimate of drug-likeness (QED) is 0.910. The lowest BCUT2D eigenvalue weighted by Gasteiger charge is -2.34. The Labute approximate surface area is 144 Å². The largest absolute Gasteiger partial charge is 0.314 e. The van der Waals surface area contributed by atoms with E-state index in [4.69, 9.17) is 4.98 Å². The molecule has 1 aromatic heterocycles. The minimum absolute atomic E-state index is 0. The van der Waals surface area contributed by atoms with E-state index in [0.29, 0.717) is 0 Å². The monoisotopic (exact) mass is 339 g/mol. The molecule has 2 fully saturated rings. The lowest BCUT2D eigenvalue weighted by Crippen LogP contribution is -2.44. The van der Waals surface area contributed by atoms with E-state index in [0.717, 1.165) is 24.0 Å². The third kappa shape index (κ3) is 3.54. The summed E-state index contributed by atoms with van der Waals surface area (Å²) in [6.45, 7) is 4.63. The Morgan fingerprint density at radius 3 is 2.86 bits per heavy atom. The molecule has 1 N–H and O–H groups in total. The topological polar surface area (TPSA) is 28.2 Å². The number of hydrogen-bond donors (Lipinski definition) is 1. The Kier molecular flexibility index (Phi) is 6.04.